The maximum atomic E-state index is 13.0. The quantitative estimate of drug-likeness (QED) is 0.626. The molecule has 1 aromatic rings. The van der Waals surface area contributed by atoms with E-state index in [1.54, 1.807) is 6.07 Å². The molecular formula is C13H15FO2. The predicted octanol–water partition coefficient (Wildman–Crippen LogP) is 2.35. The Morgan fingerprint density at radius 2 is 2.25 bits per heavy atom. The van der Waals surface area contributed by atoms with Gasteiger partial charge in [0.15, 0.2) is 0 Å². The predicted molar refractivity (Wildman–Crippen MR) is 60.8 cm³/mol. The van der Waals surface area contributed by atoms with Crippen LogP contribution in [0.1, 0.15) is 25.3 Å². The van der Waals surface area contributed by atoms with Crippen LogP contribution >= 0.6 is 0 Å². The summed E-state index contributed by atoms with van der Waals surface area (Å²) in [6.07, 6.45) is 1.94. The highest BCUT2D eigenvalue weighted by Crippen LogP contribution is 2.19. The first-order valence-electron chi connectivity index (χ1n) is 5.30. The standard InChI is InChI=1S/C13H15FO2/c1-2-3-9-16-13-10-12(14)7-6-11(13)5-4-8-15/h6-7,10,15H,2-3,8-9H2,1H3. The second-order valence-corrected chi connectivity index (χ2v) is 3.30. The van der Waals surface area contributed by atoms with Crippen LogP contribution in [0.5, 0.6) is 5.75 Å². The van der Waals surface area contributed by atoms with Crippen molar-refractivity contribution >= 4 is 0 Å². The number of aliphatic hydroxyl groups excluding tert-OH is 1. The van der Waals surface area contributed by atoms with Gasteiger partial charge in [-0.1, -0.05) is 25.2 Å². The highest BCUT2D eigenvalue weighted by Gasteiger charge is 2.02. The van der Waals surface area contributed by atoms with Crippen LogP contribution in [0.2, 0.25) is 0 Å². The molecule has 0 radical (unpaired) electrons. The minimum atomic E-state index is -0.346. The first-order valence-corrected chi connectivity index (χ1v) is 5.30. The van der Waals surface area contributed by atoms with Crippen molar-refractivity contribution in [1.29, 1.82) is 0 Å². The largest absolute Gasteiger partial charge is 0.492 e. The first-order chi connectivity index (χ1) is 7.77. The van der Waals surface area contributed by atoms with E-state index in [-0.39, 0.29) is 12.4 Å². The Labute approximate surface area is 95.1 Å². The fourth-order valence-corrected chi connectivity index (χ4v) is 1.18. The van der Waals surface area contributed by atoms with Gasteiger partial charge >= 0.3 is 0 Å². The molecule has 0 fully saturated rings. The number of benzene rings is 1. The van der Waals surface area contributed by atoms with E-state index in [9.17, 15) is 4.39 Å². The van der Waals surface area contributed by atoms with Gasteiger partial charge in [-0.3, -0.25) is 0 Å². The maximum Gasteiger partial charge on any atom is 0.137 e. The van der Waals surface area contributed by atoms with Crippen LogP contribution in [-0.2, 0) is 0 Å². The molecule has 0 saturated heterocycles. The third-order valence-corrected chi connectivity index (χ3v) is 2.00. The van der Waals surface area contributed by atoms with Crippen LogP contribution in [0.3, 0.4) is 0 Å². The molecule has 0 spiro atoms. The van der Waals surface area contributed by atoms with E-state index in [0.717, 1.165) is 12.8 Å². The molecule has 0 amide bonds. The number of hydrogen-bond donors (Lipinski definition) is 1. The zero-order valence-corrected chi connectivity index (χ0v) is 9.29. The van der Waals surface area contributed by atoms with Crippen molar-refractivity contribution < 1.29 is 14.2 Å². The van der Waals surface area contributed by atoms with Crippen molar-refractivity contribution in [1.82, 2.24) is 0 Å². The molecule has 1 aromatic carbocycles. The molecule has 1 N–H and O–H groups in total. The zero-order valence-electron chi connectivity index (χ0n) is 9.29. The topological polar surface area (TPSA) is 29.5 Å². The fraction of sp³-hybridized carbons (Fsp3) is 0.385. The summed E-state index contributed by atoms with van der Waals surface area (Å²) < 4.78 is 18.4. The van der Waals surface area contributed by atoms with E-state index in [1.807, 2.05) is 0 Å². The van der Waals surface area contributed by atoms with Crippen LogP contribution in [-0.4, -0.2) is 18.3 Å². The molecule has 2 nitrogen and oxygen atoms in total. The molecule has 0 aliphatic carbocycles. The summed E-state index contributed by atoms with van der Waals surface area (Å²) in [5, 5.41) is 8.60. The molecule has 3 heteroatoms. The highest BCUT2D eigenvalue weighted by molar-refractivity contribution is 5.46. The summed E-state index contributed by atoms with van der Waals surface area (Å²) in [4.78, 5) is 0. The molecule has 0 heterocycles. The van der Waals surface area contributed by atoms with Gasteiger partial charge in [0.25, 0.3) is 0 Å². The summed E-state index contributed by atoms with van der Waals surface area (Å²) in [5.41, 5.74) is 0.603. The van der Waals surface area contributed by atoms with Crippen molar-refractivity contribution in [3.63, 3.8) is 0 Å². The average molecular weight is 222 g/mol. The Hall–Kier alpha value is -1.53. The van der Waals surface area contributed by atoms with Crippen molar-refractivity contribution in [2.75, 3.05) is 13.2 Å². The summed E-state index contributed by atoms with van der Waals surface area (Å²) >= 11 is 0. The highest BCUT2D eigenvalue weighted by atomic mass is 19.1. The van der Waals surface area contributed by atoms with Crippen LogP contribution in [0.4, 0.5) is 4.39 Å². The minimum Gasteiger partial charge on any atom is -0.492 e. The smallest absolute Gasteiger partial charge is 0.137 e. The molecule has 0 unspecified atom stereocenters. The van der Waals surface area contributed by atoms with Crippen molar-refractivity contribution in [3.8, 4) is 17.6 Å². The Bertz CT molecular complexity index is 391. The van der Waals surface area contributed by atoms with Crippen LogP contribution in [0.15, 0.2) is 18.2 Å². The molecule has 0 saturated carbocycles. The molecule has 16 heavy (non-hydrogen) atoms. The van der Waals surface area contributed by atoms with Gasteiger partial charge in [-0.25, -0.2) is 4.39 Å². The molecule has 1 rings (SSSR count). The lowest BCUT2D eigenvalue weighted by Gasteiger charge is -2.07. The van der Waals surface area contributed by atoms with E-state index in [4.69, 9.17) is 9.84 Å². The third-order valence-electron chi connectivity index (χ3n) is 2.00. The number of aliphatic hydroxyl groups is 1. The molecule has 0 aliphatic rings. The number of ether oxygens (including phenoxy) is 1. The summed E-state index contributed by atoms with van der Waals surface area (Å²) in [6.45, 7) is 2.39. The molecule has 86 valence electrons. The summed E-state index contributed by atoms with van der Waals surface area (Å²) in [6, 6.07) is 4.20. The second kappa shape index (κ2) is 6.86. The van der Waals surface area contributed by atoms with Crippen molar-refractivity contribution in [2.24, 2.45) is 0 Å². The Kier molecular flexibility index (Phi) is 5.38. The fourth-order valence-electron chi connectivity index (χ4n) is 1.18. The van der Waals surface area contributed by atoms with Crippen LogP contribution < -0.4 is 4.74 Å². The Morgan fingerprint density at radius 1 is 1.44 bits per heavy atom. The van der Waals surface area contributed by atoms with Gasteiger partial charge in [-0.2, -0.15) is 0 Å². The monoisotopic (exact) mass is 222 g/mol. The van der Waals surface area contributed by atoms with E-state index in [2.05, 4.69) is 18.8 Å². The van der Waals surface area contributed by atoms with Gasteiger partial charge in [-0.05, 0) is 18.6 Å². The third kappa shape index (κ3) is 3.92. The van der Waals surface area contributed by atoms with Crippen LogP contribution in [0.25, 0.3) is 0 Å². The van der Waals surface area contributed by atoms with Gasteiger partial charge < -0.3 is 9.84 Å². The molecule has 0 aliphatic heterocycles. The number of halogens is 1. The number of rotatable bonds is 4. The van der Waals surface area contributed by atoms with E-state index in [0.29, 0.717) is 17.9 Å². The summed E-state index contributed by atoms with van der Waals surface area (Å²) in [7, 11) is 0. The van der Waals surface area contributed by atoms with Gasteiger partial charge in [-0.15, -0.1) is 0 Å². The van der Waals surface area contributed by atoms with Crippen LogP contribution in [0, 0.1) is 17.7 Å². The average Bonchev–Trinajstić information content (AvgIpc) is 2.28. The first kappa shape index (κ1) is 12.5. The molecule has 0 atom stereocenters. The second-order valence-electron chi connectivity index (χ2n) is 3.30. The maximum absolute atomic E-state index is 13.0. The molecule has 0 aromatic heterocycles. The van der Waals surface area contributed by atoms with E-state index in [1.165, 1.54) is 12.1 Å². The molecular weight excluding hydrogens is 207 g/mol. The lowest BCUT2D eigenvalue weighted by molar-refractivity contribution is 0.307. The van der Waals surface area contributed by atoms with Crippen molar-refractivity contribution in [2.45, 2.75) is 19.8 Å². The summed E-state index contributed by atoms with van der Waals surface area (Å²) in [5.74, 6) is 5.34. The Balaban J connectivity index is 2.81. The lowest BCUT2D eigenvalue weighted by atomic mass is 10.2. The van der Waals surface area contributed by atoms with E-state index < -0.39 is 0 Å². The SMILES string of the molecule is CCCCOc1cc(F)ccc1C#CCO. The normalized spacial score (nSPS) is 9.44. The minimum absolute atomic E-state index is 0.216. The van der Waals surface area contributed by atoms with Gasteiger partial charge in [0.1, 0.15) is 18.2 Å². The van der Waals surface area contributed by atoms with Crippen molar-refractivity contribution in [3.05, 3.63) is 29.6 Å². The van der Waals surface area contributed by atoms with Gasteiger partial charge in [0.05, 0.1) is 12.2 Å². The number of unbranched alkanes of at least 4 members (excludes halogenated alkanes) is 1. The molecule has 0 bridgehead atoms. The zero-order chi connectivity index (χ0) is 11.8. The Morgan fingerprint density at radius 3 is 2.94 bits per heavy atom. The van der Waals surface area contributed by atoms with Gasteiger partial charge in [0.2, 0.25) is 0 Å². The lowest BCUT2D eigenvalue weighted by Crippen LogP contribution is -1.99. The van der Waals surface area contributed by atoms with Gasteiger partial charge in [0, 0.05) is 6.07 Å². The number of hydrogen-bond acceptors (Lipinski definition) is 2. The van der Waals surface area contributed by atoms with E-state index >= 15 is 0 Å².